The van der Waals surface area contributed by atoms with Crippen molar-refractivity contribution in [1.29, 1.82) is 0 Å². The molecule has 1 atom stereocenters. The average molecular weight is 450 g/mol. The monoisotopic (exact) mass is 450 g/mol. The topological polar surface area (TPSA) is 115 Å². The van der Waals surface area contributed by atoms with Gasteiger partial charge in [0.05, 0.1) is 11.1 Å². The molecule has 0 bridgehead atoms. The molecule has 9 heteroatoms. The summed E-state index contributed by atoms with van der Waals surface area (Å²) in [6.07, 6.45) is -0.946. The van der Waals surface area contributed by atoms with Crippen LogP contribution in [-0.4, -0.2) is 40.6 Å². The molecular formula is C24H22N2O7. The zero-order valence-corrected chi connectivity index (χ0v) is 18.3. The van der Waals surface area contributed by atoms with Crippen molar-refractivity contribution in [3.8, 4) is 0 Å². The molecule has 9 nitrogen and oxygen atoms in total. The second-order valence-corrected chi connectivity index (χ2v) is 8.51. The Hall–Kier alpha value is -4.14. The molecule has 0 spiro atoms. The number of imide groups is 1. The van der Waals surface area contributed by atoms with Gasteiger partial charge in [-0.25, -0.2) is 9.59 Å². The number of nitrogens with zero attached hydrogens (tertiary/aromatic N) is 1. The quantitative estimate of drug-likeness (QED) is 0.590. The highest BCUT2D eigenvalue weighted by molar-refractivity contribution is 6.20. The van der Waals surface area contributed by atoms with Crippen molar-refractivity contribution in [3.05, 3.63) is 71.5 Å². The number of hydrogen-bond acceptors (Lipinski definition) is 7. The summed E-state index contributed by atoms with van der Waals surface area (Å²) < 4.78 is 11.0. The maximum absolute atomic E-state index is 13.0. The van der Waals surface area contributed by atoms with Gasteiger partial charge in [-0.3, -0.25) is 9.59 Å². The van der Waals surface area contributed by atoms with Gasteiger partial charge in [0.1, 0.15) is 23.0 Å². The van der Waals surface area contributed by atoms with Crippen LogP contribution in [0.5, 0.6) is 0 Å². The highest BCUT2D eigenvalue weighted by Gasteiger charge is 2.40. The number of carbonyl (C=O) groups is 4. The van der Waals surface area contributed by atoms with Gasteiger partial charge in [-0.15, -0.1) is 0 Å². The number of alkyl carbamates (subject to hydrolysis) is 1. The van der Waals surface area contributed by atoms with Gasteiger partial charge in [-0.1, -0.05) is 35.4 Å². The van der Waals surface area contributed by atoms with Crippen LogP contribution in [0.4, 0.5) is 4.79 Å². The highest BCUT2D eigenvalue weighted by atomic mass is 16.7. The number of benzene rings is 2. The molecule has 3 amide bonds. The van der Waals surface area contributed by atoms with Crippen LogP contribution in [0.1, 0.15) is 47.2 Å². The van der Waals surface area contributed by atoms with E-state index in [-0.39, 0.29) is 17.5 Å². The molecular weight excluding hydrogens is 428 g/mol. The molecule has 1 aliphatic heterocycles. The molecule has 0 radical (unpaired) electrons. The van der Waals surface area contributed by atoms with E-state index in [1.54, 1.807) is 45.0 Å². The van der Waals surface area contributed by atoms with Gasteiger partial charge in [0.25, 0.3) is 11.8 Å². The Balaban J connectivity index is 1.55. The summed E-state index contributed by atoms with van der Waals surface area (Å²) in [6, 6.07) is 13.8. The molecule has 4 rings (SSSR count). The van der Waals surface area contributed by atoms with Crippen molar-refractivity contribution < 1.29 is 33.2 Å². The third kappa shape index (κ3) is 4.72. The van der Waals surface area contributed by atoms with E-state index in [4.69, 9.17) is 14.0 Å². The summed E-state index contributed by atoms with van der Waals surface area (Å²) in [5, 5.41) is 3.66. The zero-order valence-electron chi connectivity index (χ0n) is 18.3. The van der Waals surface area contributed by atoms with Gasteiger partial charge in [-0.05, 0) is 45.0 Å². The van der Waals surface area contributed by atoms with E-state index in [0.717, 1.165) is 5.39 Å². The molecule has 0 aliphatic carbocycles. The molecule has 2 heterocycles. The maximum Gasteiger partial charge on any atom is 0.408 e. The summed E-state index contributed by atoms with van der Waals surface area (Å²) in [5.74, 6) is -2.14. The number of furan rings is 1. The fourth-order valence-corrected chi connectivity index (χ4v) is 3.39. The second-order valence-electron chi connectivity index (χ2n) is 8.51. The average Bonchev–Trinajstić information content (AvgIpc) is 3.26. The Morgan fingerprint density at radius 2 is 1.61 bits per heavy atom. The molecule has 2 aromatic carbocycles. The summed E-state index contributed by atoms with van der Waals surface area (Å²) >= 11 is 0. The molecule has 3 aromatic rings. The molecule has 1 aromatic heterocycles. The van der Waals surface area contributed by atoms with E-state index in [0.29, 0.717) is 16.4 Å². The van der Waals surface area contributed by atoms with Crippen molar-refractivity contribution in [1.82, 2.24) is 10.4 Å². The summed E-state index contributed by atoms with van der Waals surface area (Å²) in [4.78, 5) is 55.6. The lowest BCUT2D eigenvalue weighted by Crippen LogP contribution is -2.48. The number of rotatable bonds is 5. The van der Waals surface area contributed by atoms with Gasteiger partial charge >= 0.3 is 12.1 Å². The largest absolute Gasteiger partial charge is 0.461 e. The van der Waals surface area contributed by atoms with Crippen LogP contribution in [0.3, 0.4) is 0 Å². The van der Waals surface area contributed by atoms with E-state index in [9.17, 15) is 19.2 Å². The van der Waals surface area contributed by atoms with Crippen LogP contribution < -0.4 is 5.32 Å². The number of hydroxylamine groups is 2. The normalized spacial score (nSPS) is 14.2. The number of nitrogens with one attached hydrogen (secondary N) is 1. The smallest absolute Gasteiger partial charge is 0.408 e. The Labute approximate surface area is 189 Å². The van der Waals surface area contributed by atoms with Crippen molar-refractivity contribution in [3.63, 3.8) is 0 Å². The molecule has 1 N–H and O–H groups in total. The number of amides is 3. The van der Waals surface area contributed by atoms with Crippen LogP contribution in [0, 0.1) is 0 Å². The Morgan fingerprint density at radius 1 is 1.00 bits per heavy atom. The van der Waals surface area contributed by atoms with Gasteiger partial charge in [0.15, 0.2) is 0 Å². The minimum atomic E-state index is -1.29. The Morgan fingerprint density at radius 3 is 2.21 bits per heavy atom. The highest BCUT2D eigenvalue weighted by Crippen LogP contribution is 2.24. The molecule has 0 saturated heterocycles. The summed E-state index contributed by atoms with van der Waals surface area (Å²) in [6.45, 7) is 5.04. The first-order chi connectivity index (χ1) is 15.6. The standard InChI is InChI=1S/C24H22N2O7/c1-24(2,3)32-23(30)25-18(13-15-12-14-8-4-7-11-19(14)31-15)22(29)33-26-20(27)16-9-5-6-10-17(16)21(26)28/h4-12,18H,13H2,1-3H3,(H,25,30). The molecule has 0 saturated carbocycles. The van der Waals surface area contributed by atoms with E-state index in [1.807, 2.05) is 18.2 Å². The van der Waals surface area contributed by atoms with Crippen molar-refractivity contribution in [2.75, 3.05) is 0 Å². The second kappa shape index (κ2) is 8.42. The third-order valence-corrected chi connectivity index (χ3v) is 4.80. The van der Waals surface area contributed by atoms with Crippen LogP contribution in [0.2, 0.25) is 0 Å². The van der Waals surface area contributed by atoms with Crippen LogP contribution in [0.25, 0.3) is 11.0 Å². The summed E-state index contributed by atoms with van der Waals surface area (Å²) in [7, 11) is 0. The van der Waals surface area contributed by atoms with Crippen molar-refractivity contribution >= 4 is 34.8 Å². The lowest BCUT2D eigenvalue weighted by molar-refractivity contribution is -0.171. The number of hydrogen-bond donors (Lipinski definition) is 1. The van der Waals surface area contributed by atoms with Gasteiger partial charge in [-0.2, -0.15) is 0 Å². The first-order valence-electron chi connectivity index (χ1n) is 10.3. The Bertz CT molecular complexity index is 1190. The molecule has 0 fully saturated rings. The van der Waals surface area contributed by atoms with Gasteiger partial charge in [0, 0.05) is 11.8 Å². The molecule has 1 aliphatic rings. The van der Waals surface area contributed by atoms with Crippen LogP contribution >= 0.6 is 0 Å². The fourth-order valence-electron chi connectivity index (χ4n) is 3.39. The number of para-hydroxylation sites is 1. The van der Waals surface area contributed by atoms with E-state index in [1.165, 1.54) is 12.1 Å². The van der Waals surface area contributed by atoms with Gasteiger partial charge in [0.2, 0.25) is 0 Å². The zero-order chi connectivity index (χ0) is 23.8. The first kappa shape index (κ1) is 22.1. The van der Waals surface area contributed by atoms with E-state index >= 15 is 0 Å². The number of carbonyl (C=O) groups excluding carboxylic acids is 4. The predicted octanol–water partition coefficient (Wildman–Crippen LogP) is 3.62. The number of ether oxygens (including phenoxy) is 1. The Kier molecular flexibility index (Phi) is 5.63. The number of fused-ring (bicyclic) bond motifs is 2. The van der Waals surface area contributed by atoms with Crippen molar-refractivity contribution in [2.24, 2.45) is 0 Å². The fraction of sp³-hybridized carbons (Fsp3) is 0.250. The first-order valence-corrected chi connectivity index (χ1v) is 10.3. The molecule has 33 heavy (non-hydrogen) atoms. The van der Waals surface area contributed by atoms with E-state index < -0.39 is 35.5 Å². The SMILES string of the molecule is CC(C)(C)OC(=O)NC(Cc1cc2ccccc2o1)C(=O)ON1C(=O)c2ccccc2C1=O. The maximum atomic E-state index is 13.0. The lowest BCUT2D eigenvalue weighted by atomic mass is 10.1. The van der Waals surface area contributed by atoms with Crippen molar-refractivity contribution in [2.45, 2.75) is 38.8 Å². The predicted molar refractivity (Wildman–Crippen MR) is 116 cm³/mol. The minimum Gasteiger partial charge on any atom is -0.461 e. The molecule has 1 unspecified atom stereocenters. The third-order valence-electron chi connectivity index (χ3n) is 4.80. The van der Waals surface area contributed by atoms with Gasteiger partial charge < -0.3 is 19.3 Å². The summed E-state index contributed by atoms with van der Waals surface area (Å²) in [5.41, 5.74) is 0.0613. The lowest BCUT2D eigenvalue weighted by Gasteiger charge is -2.23. The van der Waals surface area contributed by atoms with Crippen LogP contribution in [0.15, 0.2) is 59.0 Å². The minimum absolute atomic E-state index is 0.0874. The van der Waals surface area contributed by atoms with E-state index in [2.05, 4.69) is 5.32 Å². The van der Waals surface area contributed by atoms with Crippen LogP contribution in [-0.2, 0) is 20.8 Å². The molecule has 170 valence electrons.